The molecule has 1 aromatic carbocycles. The van der Waals surface area contributed by atoms with Gasteiger partial charge < -0.3 is 0 Å². The molecule has 1 aromatic rings. The highest BCUT2D eigenvalue weighted by Gasteiger charge is 2.38. The van der Waals surface area contributed by atoms with Gasteiger partial charge in [0, 0.05) is 15.9 Å². The van der Waals surface area contributed by atoms with Crippen molar-refractivity contribution in [1.82, 2.24) is 4.72 Å². The lowest BCUT2D eigenvalue weighted by atomic mass is 9.78. The lowest BCUT2D eigenvalue weighted by molar-refractivity contribution is 0.239. The highest BCUT2D eigenvalue weighted by atomic mass is 79.9. The summed E-state index contributed by atoms with van der Waals surface area (Å²) in [6.45, 7) is 2.13. The summed E-state index contributed by atoms with van der Waals surface area (Å²) < 4.78 is 28.6. The second-order valence-electron chi connectivity index (χ2n) is 5.80. The Bertz CT molecular complexity index is 623. The summed E-state index contributed by atoms with van der Waals surface area (Å²) in [7, 11) is -3.62. The number of sulfonamides is 1. The largest absolute Gasteiger partial charge is 0.241 e. The molecule has 2 atom stereocenters. The van der Waals surface area contributed by atoms with E-state index in [4.69, 9.17) is 23.2 Å². The van der Waals surface area contributed by atoms with E-state index in [0.717, 1.165) is 25.7 Å². The molecule has 7 heteroatoms. The molecular formula is C14H18BrCl2NO2S. The molecule has 0 spiro atoms. The van der Waals surface area contributed by atoms with E-state index in [1.165, 1.54) is 12.1 Å². The highest BCUT2D eigenvalue weighted by molar-refractivity contribution is 9.10. The highest BCUT2D eigenvalue weighted by Crippen LogP contribution is 2.35. The molecule has 1 saturated carbocycles. The third-order valence-corrected chi connectivity index (χ3v) is 7.20. The number of nitrogens with one attached hydrogen (secondary N) is 1. The number of hydrogen-bond acceptors (Lipinski definition) is 2. The van der Waals surface area contributed by atoms with Crippen LogP contribution in [0.1, 0.15) is 32.6 Å². The Morgan fingerprint density at radius 3 is 2.76 bits per heavy atom. The van der Waals surface area contributed by atoms with Gasteiger partial charge in [0.15, 0.2) is 0 Å². The summed E-state index contributed by atoms with van der Waals surface area (Å²) in [5, 5.41) is 0.479. The average Bonchev–Trinajstić information content (AvgIpc) is 2.41. The number of halogens is 3. The van der Waals surface area contributed by atoms with Crippen LogP contribution in [0, 0.1) is 5.92 Å². The fourth-order valence-electron chi connectivity index (χ4n) is 2.89. The Morgan fingerprint density at radius 1 is 1.48 bits per heavy atom. The van der Waals surface area contributed by atoms with Crippen LogP contribution in [-0.4, -0.2) is 19.8 Å². The van der Waals surface area contributed by atoms with E-state index in [1.54, 1.807) is 6.07 Å². The minimum atomic E-state index is -3.62. The SMILES string of the molecule is CC1CCCC(CCl)(NS(=O)(=O)c2ccc(Cl)c(Br)c2)C1. The Hall–Kier alpha value is 0.190. The molecule has 21 heavy (non-hydrogen) atoms. The van der Waals surface area contributed by atoms with Gasteiger partial charge in [-0.3, -0.25) is 0 Å². The smallest absolute Gasteiger partial charge is 0.207 e. The van der Waals surface area contributed by atoms with Gasteiger partial charge >= 0.3 is 0 Å². The third-order valence-electron chi connectivity index (χ3n) is 3.90. The maximum atomic E-state index is 12.6. The van der Waals surface area contributed by atoms with Gasteiger partial charge in [-0.05, 0) is 52.9 Å². The zero-order valence-corrected chi connectivity index (χ0v) is 15.6. The first-order valence-electron chi connectivity index (χ1n) is 6.83. The first-order chi connectivity index (χ1) is 9.78. The average molecular weight is 415 g/mol. The maximum absolute atomic E-state index is 12.6. The minimum absolute atomic E-state index is 0.196. The van der Waals surface area contributed by atoms with Crippen LogP contribution in [0.2, 0.25) is 5.02 Å². The molecule has 1 aliphatic carbocycles. The maximum Gasteiger partial charge on any atom is 0.241 e. The van der Waals surface area contributed by atoms with Crippen molar-refractivity contribution in [1.29, 1.82) is 0 Å². The molecule has 1 N–H and O–H groups in total. The van der Waals surface area contributed by atoms with Gasteiger partial charge in [-0.1, -0.05) is 31.4 Å². The molecule has 2 rings (SSSR count). The topological polar surface area (TPSA) is 46.2 Å². The molecule has 0 bridgehead atoms. The molecule has 2 unspecified atom stereocenters. The fourth-order valence-corrected chi connectivity index (χ4v) is 5.39. The predicted octanol–water partition coefficient (Wildman–Crippen LogP) is 4.57. The number of hydrogen-bond donors (Lipinski definition) is 1. The van der Waals surface area contributed by atoms with Crippen molar-refractivity contribution < 1.29 is 8.42 Å². The number of alkyl halides is 1. The van der Waals surface area contributed by atoms with E-state index in [-0.39, 0.29) is 10.8 Å². The van der Waals surface area contributed by atoms with E-state index in [2.05, 4.69) is 27.6 Å². The number of rotatable bonds is 4. The van der Waals surface area contributed by atoms with E-state index in [1.807, 2.05) is 0 Å². The van der Waals surface area contributed by atoms with Gasteiger partial charge in [0.1, 0.15) is 0 Å². The molecule has 0 radical (unpaired) electrons. The molecule has 0 heterocycles. The summed E-state index contributed by atoms with van der Waals surface area (Å²) in [4.78, 5) is 0.196. The van der Waals surface area contributed by atoms with Gasteiger partial charge in [0.05, 0.1) is 9.92 Å². The minimum Gasteiger partial charge on any atom is -0.207 e. The summed E-state index contributed by atoms with van der Waals surface area (Å²) in [5.74, 6) is 0.753. The Labute approximate surface area is 144 Å². The molecule has 1 aliphatic rings. The van der Waals surface area contributed by atoms with Gasteiger partial charge in [-0.25, -0.2) is 13.1 Å². The van der Waals surface area contributed by atoms with E-state index in [0.29, 0.717) is 15.4 Å². The van der Waals surface area contributed by atoms with Crippen LogP contribution in [0.5, 0.6) is 0 Å². The molecule has 0 aromatic heterocycles. The normalized spacial score (nSPS) is 26.8. The molecule has 118 valence electrons. The van der Waals surface area contributed by atoms with Gasteiger partial charge in [-0.15, -0.1) is 11.6 Å². The monoisotopic (exact) mass is 413 g/mol. The standard InChI is InChI=1S/C14H18BrCl2NO2S/c1-10-3-2-6-14(8-10,9-16)18-21(19,20)11-4-5-13(17)12(15)7-11/h4-5,7,10,18H,2-3,6,8-9H2,1H3. The summed E-state index contributed by atoms with van der Waals surface area (Å²) in [6.07, 6.45) is 3.65. The van der Waals surface area contributed by atoms with Crippen LogP contribution in [0.15, 0.2) is 27.6 Å². The first-order valence-corrected chi connectivity index (χ1v) is 10.0. The molecule has 3 nitrogen and oxygen atoms in total. The quantitative estimate of drug-likeness (QED) is 0.733. The Morgan fingerprint density at radius 2 is 2.19 bits per heavy atom. The predicted molar refractivity (Wildman–Crippen MR) is 90.6 cm³/mol. The third kappa shape index (κ3) is 4.14. The van der Waals surface area contributed by atoms with Crippen molar-refractivity contribution in [3.63, 3.8) is 0 Å². The van der Waals surface area contributed by atoms with Crippen molar-refractivity contribution >= 4 is 49.2 Å². The zero-order chi connectivity index (χ0) is 15.7. The second-order valence-corrected chi connectivity index (χ2v) is 9.01. The summed E-state index contributed by atoms with van der Waals surface area (Å²) in [6, 6.07) is 4.58. The van der Waals surface area contributed by atoms with Gasteiger partial charge in [0.25, 0.3) is 0 Å². The van der Waals surface area contributed by atoms with E-state index in [9.17, 15) is 8.42 Å². The van der Waals surface area contributed by atoms with E-state index >= 15 is 0 Å². The first kappa shape index (κ1) is 17.5. The van der Waals surface area contributed by atoms with Crippen LogP contribution in [-0.2, 0) is 10.0 Å². The van der Waals surface area contributed by atoms with Gasteiger partial charge in [0.2, 0.25) is 10.0 Å². The van der Waals surface area contributed by atoms with Gasteiger partial charge in [-0.2, -0.15) is 0 Å². The van der Waals surface area contributed by atoms with Crippen molar-refractivity contribution in [3.8, 4) is 0 Å². The van der Waals surface area contributed by atoms with Crippen LogP contribution in [0.25, 0.3) is 0 Å². The Kier molecular flexibility index (Phi) is 5.64. The van der Waals surface area contributed by atoms with Crippen LogP contribution in [0.4, 0.5) is 0 Å². The fraction of sp³-hybridized carbons (Fsp3) is 0.571. The zero-order valence-electron chi connectivity index (χ0n) is 11.7. The van der Waals surface area contributed by atoms with Crippen molar-refractivity contribution in [2.24, 2.45) is 5.92 Å². The molecule has 0 saturated heterocycles. The summed E-state index contributed by atoms with van der Waals surface area (Å²) in [5.41, 5.74) is -0.551. The van der Waals surface area contributed by atoms with Crippen LogP contribution >= 0.6 is 39.1 Å². The van der Waals surface area contributed by atoms with Crippen molar-refractivity contribution in [2.75, 3.05) is 5.88 Å². The van der Waals surface area contributed by atoms with Crippen LogP contribution in [0.3, 0.4) is 0 Å². The lowest BCUT2D eigenvalue weighted by Crippen LogP contribution is -2.52. The molecule has 1 fully saturated rings. The van der Waals surface area contributed by atoms with Crippen molar-refractivity contribution in [2.45, 2.75) is 43.0 Å². The molecule has 0 aliphatic heterocycles. The lowest BCUT2D eigenvalue weighted by Gasteiger charge is -2.39. The number of benzene rings is 1. The van der Waals surface area contributed by atoms with E-state index < -0.39 is 15.6 Å². The molecular weight excluding hydrogens is 397 g/mol. The second kappa shape index (κ2) is 6.75. The Balaban J connectivity index is 2.28. The molecule has 0 amide bonds. The summed E-state index contributed by atoms with van der Waals surface area (Å²) >= 11 is 15.3. The van der Waals surface area contributed by atoms with Crippen molar-refractivity contribution in [3.05, 3.63) is 27.7 Å². The van der Waals surface area contributed by atoms with Crippen LogP contribution < -0.4 is 4.72 Å².